The van der Waals surface area contributed by atoms with Crippen LogP contribution in [-0.4, -0.2) is 10.2 Å². The highest BCUT2D eigenvalue weighted by Gasteiger charge is 2.12. The Balaban J connectivity index is 1.76. The van der Waals surface area contributed by atoms with Crippen LogP contribution in [0, 0.1) is 0 Å². The first-order chi connectivity index (χ1) is 10.2. The molecule has 5 heteroatoms. The van der Waals surface area contributed by atoms with Crippen molar-refractivity contribution >= 4 is 21.6 Å². The number of nitrogens with zero attached hydrogens (tertiary/aromatic N) is 2. The number of nitrogen functional groups attached to an aromatic ring is 1. The van der Waals surface area contributed by atoms with Gasteiger partial charge in [0, 0.05) is 16.6 Å². The second kappa shape index (κ2) is 6.10. The summed E-state index contributed by atoms with van der Waals surface area (Å²) < 4.78 is 6.63. The fourth-order valence-electron chi connectivity index (χ4n) is 2.07. The Labute approximate surface area is 131 Å². The minimum absolute atomic E-state index is 0.455. The first-order valence-corrected chi connectivity index (χ1v) is 7.43. The van der Waals surface area contributed by atoms with Crippen LogP contribution in [0.25, 0.3) is 11.5 Å². The standard InChI is InChI=1S/C16H14BrN3O/c17-12-7-8-14(18)13(10-12)16-20-19-15(21-16)9-6-11-4-2-1-3-5-11/h1-5,7-8,10H,6,9,18H2. The monoisotopic (exact) mass is 343 g/mol. The Bertz CT molecular complexity index is 740. The summed E-state index contributed by atoms with van der Waals surface area (Å²) in [5, 5.41) is 8.17. The van der Waals surface area contributed by atoms with Crippen LogP contribution in [0.1, 0.15) is 11.5 Å². The SMILES string of the molecule is Nc1ccc(Br)cc1-c1nnc(CCc2ccccc2)o1. The van der Waals surface area contributed by atoms with Gasteiger partial charge in [0.15, 0.2) is 0 Å². The highest BCUT2D eigenvalue weighted by molar-refractivity contribution is 9.10. The van der Waals surface area contributed by atoms with Gasteiger partial charge in [0.2, 0.25) is 11.8 Å². The Morgan fingerprint density at radius 2 is 1.81 bits per heavy atom. The number of rotatable bonds is 4. The number of aromatic nitrogens is 2. The van der Waals surface area contributed by atoms with E-state index in [0.29, 0.717) is 23.9 Å². The highest BCUT2D eigenvalue weighted by Crippen LogP contribution is 2.28. The van der Waals surface area contributed by atoms with Crippen LogP contribution in [-0.2, 0) is 12.8 Å². The van der Waals surface area contributed by atoms with E-state index in [2.05, 4.69) is 38.3 Å². The summed E-state index contributed by atoms with van der Waals surface area (Å²) in [7, 11) is 0. The second-order valence-electron chi connectivity index (χ2n) is 4.72. The van der Waals surface area contributed by atoms with Crippen molar-refractivity contribution in [2.45, 2.75) is 12.8 Å². The van der Waals surface area contributed by atoms with Crippen LogP contribution in [0.15, 0.2) is 57.4 Å². The van der Waals surface area contributed by atoms with Crippen molar-refractivity contribution in [1.29, 1.82) is 0 Å². The molecule has 0 aliphatic carbocycles. The summed E-state index contributed by atoms with van der Waals surface area (Å²) in [4.78, 5) is 0. The van der Waals surface area contributed by atoms with Crippen molar-refractivity contribution in [3.8, 4) is 11.5 Å². The van der Waals surface area contributed by atoms with E-state index in [1.54, 1.807) is 0 Å². The summed E-state index contributed by atoms with van der Waals surface area (Å²) in [6.45, 7) is 0. The molecule has 0 fully saturated rings. The molecule has 0 aliphatic heterocycles. The minimum Gasteiger partial charge on any atom is -0.421 e. The van der Waals surface area contributed by atoms with Crippen molar-refractivity contribution in [2.75, 3.05) is 5.73 Å². The summed E-state index contributed by atoms with van der Waals surface area (Å²) in [5.74, 6) is 1.07. The molecular formula is C16H14BrN3O. The Kier molecular flexibility index (Phi) is 4.01. The number of benzene rings is 2. The van der Waals surface area contributed by atoms with Gasteiger partial charge < -0.3 is 10.2 Å². The van der Waals surface area contributed by atoms with Gasteiger partial charge in [-0.2, -0.15) is 0 Å². The van der Waals surface area contributed by atoms with Crippen molar-refractivity contribution in [3.63, 3.8) is 0 Å². The molecule has 0 saturated heterocycles. The van der Waals surface area contributed by atoms with Gasteiger partial charge in [-0.05, 0) is 30.2 Å². The van der Waals surface area contributed by atoms with E-state index in [9.17, 15) is 0 Å². The van der Waals surface area contributed by atoms with Gasteiger partial charge in [-0.25, -0.2) is 0 Å². The van der Waals surface area contributed by atoms with E-state index < -0.39 is 0 Å². The zero-order chi connectivity index (χ0) is 14.7. The van der Waals surface area contributed by atoms with Gasteiger partial charge in [-0.1, -0.05) is 46.3 Å². The van der Waals surface area contributed by atoms with Gasteiger partial charge in [0.1, 0.15) is 0 Å². The smallest absolute Gasteiger partial charge is 0.249 e. The third-order valence-electron chi connectivity index (χ3n) is 3.18. The maximum absolute atomic E-state index is 5.95. The molecule has 21 heavy (non-hydrogen) atoms. The molecule has 1 heterocycles. The van der Waals surface area contributed by atoms with Crippen molar-refractivity contribution in [2.24, 2.45) is 0 Å². The molecule has 0 radical (unpaired) electrons. The topological polar surface area (TPSA) is 64.9 Å². The van der Waals surface area contributed by atoms with Crippen LogP contribution in [0.5, 0.6) is 0 Å². The fraction of sp³-hybridized carbons (Fsp3) is 0.125. The van der Waals surface area contributed by atoms with E-state index in [-0.39, 0.29) is 0 Å². The van der Waals surface area contributed by atoms with Crippen molar-refractivity contribution in [1.82, 2.24) is 10.2 Å². The molecule has 0 saturated carbocycles. The zero-order valence-corrected chi connectivity index (χ0v) is 12.9. The quantitative estimate of drug-likeness (QED) is 0.730. The lowest BCUT2D eigenvalue weighted by Crippen LogP contribution is -1.91. The van der Waals surface area contributed by atoms with E-state index in [1.807, 2.05) is 36.4 Å². The van der Waals surface area contributed by atoms with Crippen LogP contribution in [0.2, 0.25) is 0 Å². The molecule has 2 N–H and O–H groups in total. The summed E-state index contributed by atoms with van der Waals surface area (Å²) in [5.41, 5.74) is 8.57. The Hall–Kier alpha value is -2.14. The molecule has 0 bridgehead atoms. The predicted molar refractivity (Wildman–Crippen MR) is 85.7 cm³/mol. The van der Waals surface area contributed by atoms with Gasteiger partial charge in [-0.15, -0.1) is 10.2 Å². The maximum atomic E-state index is 5.95. The van der Waals surface area contributed by atoms with Gasteiger partial charge in [0.25, 0.3) is 0 Å². The van der Waals surface area contributed by atoms with Crippen LogP contribution in [0.4, 0.5) is 5.69 Å². The number of anilines is 1. The number of nitrogens with two attached hydrogens (primary N) is 1. The lowest BCUT2D eigenvalue weighted by atomic mass is 10.1. The summed E-state index contributed by atoms with van der Waals surface area (Å²) in [6, 6.07) is 15.8. The highest BCUT2D eigenvalue weighted by atomic mass is 79.9. The van der Waals surface area contributed by atoms with Crippen LogP contribution in [0.3, 0.4) is 0 Å². The third kappa shape index (κ3) is 3.31. The van der Waals surface area contributed by atoms with Gasteiger partial charge in [-0.3, -0.25) is 0 Å². The molecule has 1 aromatic heterocycles. The fourth-order valence-corrected chi connectivity index (χ4v) is 2.43. The zero-order valence-electron chi connectivity index (χ0n) is 11.3. The summed E-state index contributed by atoms with van der Waals surface area (Å²) in [6.07, 6.45) is 1.58. The molecular weight excluding hydrogens is 330 g/mol. The largest absolute Gasteiger partial charge is 0.421 e. The Morgan fingerprint density at radius 3 is 2.62 bits per heavy atom. The first kappa shape index (κ1) is 13.8. The average molecular weight is 344 g/mol. The molecule has 0 unspecified atom stereocenters. The van der Waals surface area contributed by atoms with Crippen molar-refractivity contribution in [3.05, 3.63) is 64.5 Å². The van der Waals surface area contributed by atoms with E-state index in [0.717, 1.165) is 16.5 Å². The van der Waals surface area contributed by atoms with Gasteiger partial charge in [0.05, 0.1) is 5.56 Å². The Morgan fingerprint density at radius 1 is 1.00 bits per heavy atom. The van der Waals surface area contributed by atoms with Gasteiger partial charge >= 0.3 is 0 Å². The first-order valence-electron chi connectivity index (χ1n) is 6.64. The average Bonchev–Trinajstić information content (AvgIpc) is 2.97. The molecule has 4 nitrogen and oxygen atoms in total. The number of aryl methyl sites for hydroxylation is 2. The number of hydrogen-bond acceptors (Lipinski definition) is 4. The van der Waals surface area contributed by atoms with E-state index in [1.165, 1.54) is 5.56 Å². The molecule has 106 valence electrons. The molecule has 2 aromatic carbocycles. The lowest BCUT2D eigenvalue weighted by Gasteiger charge is -2.01. The molecule has 0 spiro atoms. The maximum Gasteiger partial charge on any atom is 0.249 e. The van der Waals surface area contributed by atoms with Crippen molar-refractivity contribution < 1.29 is 4.42 Å². The normalized spacial score (nSPS) is 10.7. The predicted octanol–water partition coefficient (Wildman–Crippen LogP) is 3.87. The minimum atomic E-state index is 0.455. The lowest BCUT2D eigenvalue weighted by molar-refractivity contribution is 0.505. The third-order valence-corrected chi connectivity index (χ3v) is 3.68. The molecule has 0 atom stereocenters. The molecule has 0 aliphatic rings. The van der Waals surface area contributed by atoms with E-state index >= 15 is 0 Å². The summed E-state index contributed by atoms with van der Waals surface area (Å²) >= 11 is 3.42. The van der Waals surface area contributed by atoms with Crippen LogP contribution < -0.4 is 5.73 Å². The van der Waals surface area contributed by atoms with E-state index in [4.69, 9.17) is 10.2 Å². The molecule has 3 aromatic rings. The number of hydrogen-bond donors (Lipinski definition) is 1. The molecule has 0 amide bonds. The van der Waals surface area contributed by atoms with Crippen LogP contribution >= 0.6 is 15.9 Å². The molecule has 3 rings (SSSR count). The second-order valence-corrected chi connectivity index (χ2v) is 5.63. The number of halogens is 1.